The lowest BCUT2D eigenvalue weighted by atomic mass is 10.2. The molecule has 0 bridgehead atoms. The molecule has 13 heavy (non-hydrogen) atoms. The van der Waals surface area contributed by atoms with Crippen LogP contribution < -0.4 is 4.72 Å². The largest absolute Gasteiger partial charge is 0.361 e. The molecule has 0 atom stereocenters. The number of benzene rings is 1. The number of nitrogens with one attached hydrogen (secondary N) is 2. The van der Waals surface area contributed by atoms with E-state index in [-0.39, 0.29) is 0 Å². The summed E-state index contributed by atoms with van der Waals surface area (Å²) < 4.78 is 23.0. The molecule has 0 aliphatic heterocycles. The van der Waals surface area contributed by atoms with Crippen molar-refractivity contribution in [3.05, 3.63) is 30.5 Å². The predicted octanol–water partition coefficient (Wildman–Crippen LogP) is 1.11. The fourth-order valence-electron chi connectivity index (χ4n) is 1.22. The molecule has 2 N–H and O–H groups in total. The molecule has 0 spiro atoms. The third-order valence-electron chi connectivity index (χ3n) is 1.78. The zero-order valence-corrected chi connectivity index (χ0v) is 7.54. The minimum atomic E-state index is -2.58. The first kappa shape index (κ1) is 8.12. The van der Waals surface area contributed by atoms with Crippen LogP contribution in [0.25, 0.3) is 10.9 Å². The maximum Gasteiger partial charge on any atom is 0.222 e. The Balaban J connectivity index is 2.48. The number of hydrogen-bond acceptors (Lipinski definition) is 2. The number of aromatic amines is 1. The molecule has 0 amide bonds. The highest BCUT2D eigenvalue weighted by Crippen LogP contribution is 2.17. The van der Waals surface area contributed by atoms with Gasteiger partial charge in [0.2, 0.25) is 10.9 Å². The monoisotopic (exact) mass is 196 g/mol. The summed E-state index contributed by atoms with van der Waals surface area (Å²) in [6.07, 6.45) is 1.81. The van der Waals surface area contributed by atoms with E-state index in [4.69, 9.17) is 0 Å². The molecule has 2 rings (SSSR count). The van der Waals surface area contributed by atoms with Gasteiger partial charge in [-0.2, -0.15) is 0 Å². The number of rotatable bonds is 2. The zero-order valence-electron chi connectivity index (χ0n) is 6.65. The lowest BCUT2D eigenvalue weighted by Crippen LogP contribution is -1.93. The molecular weight excluding hydrogens is 188 g/mol. The van der Waals surface area contributed by atoms with Crippen LogP contribution in [0.3, 0.4) is 0 Å². The molecule has 0 radical (unpaired) electrons. The lowest BCUT2D eigenvalue weighted by Gasteiger charge is -1.97. The van der Waals surface area contributed by atoms with Crippen LogP contribution in [0.2, 0.25) is 0 Å². The van der Waals surface area contributed by atoms with Crippen molar-refractivity contribution < 1.29 is 8.42 Å². The lowest BCUT2D eigenvalue weighted by molar-refractivity contribution is 0.619. The van der Waals surface area contributed by atoms with Gasteiger partial charge in [0.05, 0.1) is 5.69 Å². The summed E-state index contributed by atoms with van der Waals surface area (Å²) in [5, 5.41) is 1.06. The van der Waals surface area contributed by atoms with Gasteiger partial charge in [0.15, 0.2) is 0 Å². The molecule has 68 valence electrons. The molecule has 0 aliphatic rings. The van der Waals surface area contributed by atoms with E-state index in [1.54, 1.807) is 12.1 Å². The van der Waals surface area contributed by atoms with Gasteiger partial charge in [-0.25, -0.2) is 8.42 Å². The van der Waals surface area contributed by atoms with Gasteiger partial charge in [-0.15, -0.1) is 0 Å². The van der Waals surface area contributed by atoms with Gasteiger partial charge in [-0.3, -0.25) is 4.72 Å². The summed E-state index contributed by atoms with van der Waals surface area (Å²) in [6, 6.07) is 7.26. The van der Waals surface area contributed by atoms with E-state index in [0.717, 1.165) is 10.9 Å². The number of fused-ring (bicyclic) bond motifs is 1. The normalized spacial score (nSPS) is 10.8. The molecule has 0 aliphatic carbocycles. The summed E-state index contributed by atoms with van der Waals surface area (Å²) in [7, 11) is -2.58. The Morgan fingerprint density at radius 1 is 1.23 bits per heavy atom. The second-order valence-corrected chi connectivity index (χ2v) is 3.39. The Labute approximate surface area is 76.7 Å². The van der Waals surface area contributed by atoms with Gasteiger partial charge in [0.25, 0.3) is 0 Å². The average Bonchev–Trinajstić information content (AvgIpc) is 2.49. The van der Waals surface area contributed by atoms with Crippen LogP contribution in [-0.4, -0.2) is 13.4 Å². The van der Waals surface area contributed by atoms with E-state index >= 15 is 0 Å². The van der Waals surface area contributed by atoms with E-state index in [1.165, 1.54) is 0 Å². The van der Waals surface area contributed by atoms with Gasteiger partial charge in [0, 0.05) is 11.7 Å². The fourth-order valence-corrected chi connectivity index (χ4v) is 1.57. The van der Waals surface area contributed by atoms with Crippen LogP contribution in [0, 0.1) is 0 Å². The Bertz CT molecular complexity index is 494. The Morgan fingerprint density at radius 2 is 2.08 bits per heavy atom. The molecule has 1 aromatic heterocycles. The standard InChI is InChI=1S/C8H8N2O2S/c11-13(12)10-7-2-1-6-3-4-9-8(6)5-7/h1-5,9,13H,(H,10,11,12). The number of H-pyrrole nitrogens is 1. The molecule has 2 aromatic rings. The third-order valence-corrected chi connectivity index (χ3v) is 2.22. The number of hydrogen-bond donors (Lipinski definition) is 3. The summed E-state index contributed by atoms with van der Waals surface area (Å²) in [6.45, 7) is 0. The number of anilines is 1. The van der Waals surface area contributed by atoms with Crippen molar-refractivity contribution >= 4 is 27.5 Å². The second kappa shape index (κ2) is 3.10. The van der Waals surface area contributed by atoms with Gasteiger partial charge >= 0.3 is 0 Å². The van der Waals surface area contributed by atoms with E-state index in [9.17, 15) is 8.42 Å². The number of aromatic nitrogens is 1. The Kier molecular flexibility index (Phi) is 1.94. The van der Waals surface area contributed by atoms with Crippen molar-refractivity contribution in [3.63, 3.8) is 0 Å². The van der Waals surface area contributed by atoms with Crippen LogP contribution in [0.5, 0.6) is 0 Å². The molecular formula is C8H8N2O2S. The average molecular weight is 196 g/mol. The van der Waals surface area contributed by atoms with Crippen LogP contribution in [0.15, 0.2) is 30.5 Å². The fraction of sp³-hybridized carbons (Fsp3) is 0. The highest BCUT2D eigenvalue weighted by molar-refractivity contribution is 7.73. The Hall–Kier alpha value is -1.49. The highest BCUT2D eigenvalue weighted by Gasteiger charge is 1.96. The first-order valence-electron chi connectivity index (χ1n) is 3.74. The van der Waals surface area contributed by atoms with Crippen molar-refractivity contribution in [2.45, 2.75) is 0 Å². The minimum Gasteiger partial charge on any atom is -0.361 e. The van der Waals surface area contributed by atoms with E-state index in [1.807, 2.05) is 18.3 Å². The first-order valence-corrected chi connectivity index (χ1v) is 4.91. The second-order valence-electron chi connectivity index (χ2n) is 2.65. The SMILES string of the molecule is O=[SH](=O)Nc1ccc2cc[nH]c2c1. The van der Waals surface area contributed by atoms with Crippen molar-refractivity contribution in [2.75, 3.05) is 4.72 Å². The molecule has 0 saturated carbocycles. The van der Waals surface area contributed by atoms with E-state index in [0.29, 0.717) is 5.69 Å². The van der Waals surface area contributed by atoms with Gasteiger partial charge in [-0.1, -0.05) is 6.07 Å². The summed E-state index contributed by atoms with van der Waals surface area (Å²) in [5.74, 6) is 0. The van der Waals surface area contributed by atoms with Crippen molar-refractivity contribution in [1.29, 1.82) is 0 Å². The van der Waals surface area contributed by atoms with Gasteiger partial charge in [0.1, 0.15) is 0 Å². The smallest absolute Gasteiger partial charge is 0.222 e. The molecule has 0 unspecified atom stereocenters. The summed E-state index contributed by atoms with van der Waals surface area (Å²) in [5.41, 5.74) is 1.49. The summed E-state index contributed by atoms with van der Waals surface area (Å²) >= 11 is 0. The molecule has 0 saturated heterocycles. The maximum absolute atomic E-state index is 10.4. The molecule has 1 aromatic carbocycles. The maximum atomic E-state index is 10.4. The van der Waals surface area contributed by atoms with Gasteiger partial charge < -0.3 is 4.98 Å². The van der Waals surface area contributed by atoms with E-state index < -0.39 is 10.9 Å². The molecule has 5 heteroatoms. The van der Waals surface area contributed by atoms with Crippen LogP contribution in [0.1, 0.15) is 0 Å². The molecule has 4 nitrogen and oxygen atoms in total. The molecule has 1 heterocycles. The van der Waals surface area contributed by atoms with Crippen molar-refractivity contribution in [1.82, 2.24) is 4.98 Å². The highest BCUT2D eigenvalue weighted by atomic mass is 32.2. The Morgan fingerprint density at radius 3 is 2.85 bits per heavy atom. The van der Waals surface area contributed by atoms with Crippen LogP contribution in [0.4, 0.5) is 5.69 Å². The number of thiol groups is 1. The third kappa shape index (κ3) is 1.65. The first-order chi connectivity index (χ1) is 6.25. The topological polar surface area (TPSA) is 62.0 Å². The van der Waals surface area contributed by atoms with Crippen LogP contribution >= 0.6 is 0 Å². The summed E-state index contributed by atoms with van der Waals surface area (Å²) in [4.78, 5) is 3.00. The minimum absolute atomic E-state index is 0.575. The molecule has 0 fully saturated rings. The van der Waals surface area contributed by atoms with Gasteiger partial charge in [-0.05, 0) is 23.6 Å². The predicted molar refractivity (Wildman–Crippen MR) is 52.2 cm³/mol. The van der Waals surface area contributed by atoms with Crippen LogP contribution in [-0.2, 0) is 10.9 Å². The zero-order chi connectivity index (χ0) is 9.26. The van der Waals surface area contributed by atoms with Crippen molar-refractivity contribution in [3.8, 4) is 0 Å². The quantitative estimate of drug-likeness (QED) is 0.630. The van der Waals surface area contributed by atoms with E-state index in [2.05, 4.69) is 9.71 Å². The van der Waals surface area contributed by atoms with Crippen molar-refractivity contribution in [2.24, 2.45) is 0 Å².